The first-order valence-electron chi connectivity index (χ1n) is 7.83. The zero-order valence-corrected chi connectivity index (χ0v) is 14.3. The number of nitrogens with zero attached hydrogens (tertiary/aromatic N) is 1. The molecule has 22 heavy (non-hydrogen) atoms. The second-order valence-electron chi connectivity index (χ2n) is 5.86. The Morgan fingerprint density at radius 2 is 1.82 bits per heavy atom. The van der Waals surface area contributed by atoms with Crippen molar-refractivity contribution in [3.8, 4) is 0 Å². The Morgan fingerprint density at radius 3 is 2.45 bits per heavy atom. The smallest absolute Gasteiger partial charge is 0.225 e. The molecule has 0 aliphatic carbocycles. The maximum absolute atomic E-state index is 11.9. The summed E-state index contributed by atoms with van der Waals surface area (Å²) in [4.78, 5) is 17.0. The van der Waals surface area contributed by atoms with Crippen LogP contribution >= 0.6 is 22.7 Å². The Bertz CT molecular complexity index is 558. The van der Waals surface area contributed by atoms with Gasteiger partial charge in [0.15, 0.2) is 0 Å². The summed E-state index contributed by atoms with van der Waals surface area (Å²) in [5.41, 5.74) is 0. The topological polar surface area (TPSA) is 32.3 Å². The van der Waals surface area contributed by atoms with E-state index in [1.807, 2.05) is 28.8 Å². The van der Waals surface area contributed by atoms with Gasteiger partial charge in [-0.05, 0) is 54.7 Å². The van der Waals surface area contributed by atoms with E-state index in [2.05, 4.69) is 27.7 Å². The van der Waals surface area contributed by atoms with E-state index < -0.39 is 0 Å². The molecule has 1 N–H and O–H groups in total. The summed E-state index contributed by atoms with van der Waals surface area (Å²) in [6.07, 6.45) is 2.89. The molecule has 0 radical (unpaired) electrons. The first kappa shape index (κ1) is 15.7. The van der Waals surface area contributed by atoms with Gasteiger partial charge in [-0.25, -0.2) is 0 Å². The largest absolute Gasteiger partial charge is 0.356 e. The van der Waals surface area contributed by atoms with Crippen LogP contribution in [0.25, 0.3) is 0 Å². The van der Waals surface area contributed by atoms with Crippen LogP contribution in [0.15, 0.2) is 35.0 Å². The maximum Gasteiger partial charge on any atom is 0.225 e. The van der Waals surface area contributed by atoms with E-state index in [0.717, 1.165) is 31.1 Å². The summed E-state index contributed by atoms with van der Waals surface area (Å²) in [6, 6.07) is 8.35. The normalized spacial score (nSPS) is 16.7. The highest BCUT2D eigenvalue weighted by molar-refractivity contribution is 7.10. The first-order valence-corrected chi connectivity index (χ1v) is 9.59. The van der Waals surface area contributed by atoms with Gasteiger partial charge in [-0.2, -0.15) is 0 Å². The number of hydrogen-bond acceptors (Lipinski definition) is 4. The molecule has 3 heterocycles. The van der Waals surface area contributed by atoms with Crippen molar-refractivity contribution < 1.29 is 4.79 Å². The van der Waals surface area contributed by atoms with E-state index >= 15 is 0 Å². The summed E-state index contributed by atoms with van der Waals surface area (Å²) in [5, 5.41) is 7.27. The van der Waals surface area contributed by atoms with Crippen molar-refractivity contribution in [3.05, 3.63) is 44.8 Å². The molecule has 2 aromatic rings. The number of carbonyl (C=O) groups is 1. The highest BCUT2D eigenvalue weighted by Crippen LogP contribution is 2.20. The molecule has 1 aliphatic rings. The molecule has 118 valence electrons. The van der Waals surface area contributed by atoms with Crippen molar-refractivity contribution in [2.75, 3.05) is 19.6 Å². The lowest BCUT2D eigenvalue weighted by atomic mass is 9.96. The number of carbonyl (C=O) groups excluding carboxylic acids is 1. The van der Waals surface area contributed by atoms with Crippen molar-refractivity contribution in [2.45, 2.75) is 25.8 Å². The Hall–Kier alpha value is -1.17. The second-order valence-corrected chi connectivity index (χ2v) is 7.92. The van der Waals surface area contributed by atoms with E-state index in [-0.39, 0.29) is 5.91 Å². The van der Waals surface area contributed by atoms with Gasteiger partial charge in [0.25, 0.3) is 0 Å². The highest BCUT2D eigenvalue weighted by atomic mass is 32.1. The van der Waals surface area contributed by atoms with E-state index in [1.165, 1.54) is 17.7 Å². The van der Waals surface area contributed by atoms with Gasteiger partial charge in [-0.15, -0.1) is 22.7 Å². The molecule has 0 bridgehead atoms. The Kier molecular flexibility index (Phi) is 5.64. The zero-order valence-electron chi connectivity index (χ0n) is 12.7. The molecule has 2 aromatic heterocycles. The van der Waals surface area contributed by atoms with Crippen LogP contribution in [0.2, 0.25) is 0 Å². The van der Waals surface area contributed by atoms with Crippen LogP contribution in [0, 0.1) is 5.92 Å². The molecule has 0 unspecified atom stereocenters. The van der Waals surface area contributed by atoms with Crippen molar-refractivity contribution >= 4 is 28.6 Å². The molecule has 0 atom stereocenters. The van der Waals surface area contributed by atoms with Crippen molar-refractivity contribution in [3.63, 3.8) is 0 Å². The number of rotatable bonds is 6. The fourth-order valence-corrected chi connectivity index (χ4v) is 4.31. The van der Waals surface area contributed by atoms with Gasteiger partial charge in [0, 0.05) is 22.8 Å². The van der Waals surface area contributed by atoms with Crippen LogP contribution in [0.4, 0.5) is 0 Å². The Labute approximate surface area is 140 Å². The lowest BCUT2D eigenvalue weighted by Crippen LogP contribution is -2.38. The van der Waals surface area contributed by atoms with Gasteiger partial charge in [-0.1, -0.05) is 12.1 Å². The maximum atomic E-state index is 11.9. The van der Waals surface area contributed by atoms with Gasteiger partial charge in [0.1, 0.15) is 0 Å². The summed E-state index contributed by atoms with van der Waals surface area (Å²) < 4.78 is 0. The van der Waals surface area contributed by atoms with E-state index in [4.69, 9.17) is 0 Å². The van der Waals surface area contributed by atoms with Crippen molar-refractivity contribution in [2.24, 2.45) is 5.92 Å². The zero-order chi connectivity index (χ0) is 15.2. The third-order valence-corrected chi connectivity index (χ3v) is 5.91. The predicted octanol–water partition coefficient (Wildman–Crippen LogP) is 3.38. The molecule has 1 aliphatic heterocycles. The molecule has 1 fully saturated rings. The fraction of sp³-hybridized carbons (Fsp3) is 0.471. The number of amides is 1. The Morgan fingerprint density at radius 1 is 1.14 bits per heavy atom. The van der Waals surface area contributed by atoms with E-state index in [1.54, 1.807) is 11.3 Å². The van der Waals surface area contributed by atoms with Gasteiger partial charge in [0.05, 0.1) is 6.42 Å². The summed E-state index contributed by atoms with van der Waals surface area (Å²) >= 11 is 3.48. The molecule has 3 nitrogen and oxygen atoms in total. The van der Waals surface area contributed by atoms with Crippen LogP contribution in [0.5, 0.6) is 0 Å². The molecular weight excluding hydrogens is 312 g/mol. The quantitative estimate of drug-likeness (QED) is 0.878. The van der Waals surface area contributed by atoms with Crippen LogP contribution in [-0.4, -0.2) is 30.4 Å². The van der Waals surface area contributed by atoms with E-state index in [0.29, 0.717) is 12.3 Å². The molecule has 5 heteroatoms. The van der Waals surface area contributed by atoms with Gasteiger partial charge in [-0.3, -0.25) is 9.69 Å². The summed E-state index contributed by atoms with van der Waals surface area (Å²) in [5.74, 6) is 0.787. The predicted molar refractivity (Wildman–Crippen MR) is 93.4 cm³/mol. The Balaban J connectivity index is 1.34. The number of nitrogens with one attached hydrogen (secondary N) is 1. The number of piperidine rings is 1. The lowest BCUT2D eigenvalue weighted by molar-refractivity contribution is -0.120. The first-order chi connectivity index (χ1) is 10.8. The summed E-state index contributed by atoms with van der Waals surface area (Å²) in [6.45, 7) is 4.19. The van der Waals surface area contributed by atoms with Gasteiger partial charge in [0.2, 0.25) is 5.91 Å². The van der Waals surface area contributed by atoms with Crippen LogP contribution < -0.4 is 5.32 Å². The SMILES string of the molecule is O=C(Cc1cccs1)NCC1CCN(Cc2cccs2)CC1. The molecule has 3 rings (SSSR count). The minimum atomic E-state index is 0.156. The van der Waals surface area contributed by atoms with Crippen LogP contribution in [-0.2, 0) is 17.8 Å². The summed E-state index contributed by atoms with van der Waals surface area (Å²) in [7, 11) is 0. The van der Waals surface area contributed by atoms with Crippen LogP contribution in [0.1, 0.15) is 22.6 Å². The molecule has 0 spiro atoms. The minimum Gasteiger partial charge on any atom is -0.356 e. The van der Waals surface area contributed by atoms with Crippen LogP contribution in [0.3, 0.4) is 0 Å². The molecule has 0 aromatic carbocycles. The highest BCUT2D eigenvalue weighted by Gasteiger charge is 2.20. The average Bonchev–Trinajstić information content (AvgIpc) is 3.20. The molecule has 1 amide bonds. The third-order valence-electron chi connectivity index (χ3n) is 4.17. The average molecular weight is 335 g/mol. The molecule has 0 saturated carbocycles. The minimum absolute atomic E-state index is 0.156. The number of likely N-dealkylation sites (tertiary alicyclic amines) is 1. The number of thiophene rings is 2. The van der Waals surface area contributed by atoms with Crippen molar-refractivity contribution in [1.29, 1.82) is 0 Å². The lowest BCUT2D eigenvalue weighted by Gasteiger charge is -2.31. The standard InChI is InChI=1S/C17H22N2OS2/c20-17(11-15-3-1-9-21-15)18-12-14-5-7-19(8-6-14)13-16-4-2-10-22-16/h1-4,9-10,14H,5-8,11-13H2,(H,18,20). The third kappa shape index (κ3) is 4.66. The monoisotopic (exact) mass is 334 g/mol. The fourth-order valence-electron chi connectivity index (χ4n) is 2.86. The second kappa shape index (κ2) is 7.90. The van der Waals surface area contributed by atoms with Gasteiger partial charge < -0.3 is 5.32 Å². The number of hydrogen-bond donors (Lipinski definition) is 1. The van der Waals surface area contributed by atoms with Crippen molar-refractivity contribution in [1.82, 2.24) is 10.2 Å². The molecule has 1 saturated heterocycles. The molecular formula is C17H22N2OS2. The van der Waals surface area contributed by atoms with E-state index in [9.17, 15) is 4.79 Å². The van der Waals surface area contributed by atoms with Gasteiger partial charge >= 0.3 is 0 Å².